The molecule has 6 atom stereocenters. The molecule has 17 nitrogen and oxygen atoms in total. The molecule has 0 fully saturated rings. The second-order valence-electron chi connectivity index (χ2n) is 28.5. The molecule has 0 aliphatic carbocycles. The first kappa shape index (κ1) is 94.1. The van der Waals surface area contributed by atoms with Gasteiger partial charge in [0.2, 0.25) is 0 Å². The van der Waals surface area contributed by atoms with Crippen molar-refractivity contribution >= 4 is 39.5 Å². The van der Waals surface area contributed by atoms with Gasteiger partial charge in [-0.15, -0.1) is 0 Å². The molecule has 0 heterocycles. The number of carbonyl (C=O) groups is 4. The van der Waals surface area contributed by atoms with E-state index < -0.39 is 97.5 Å². The lowest BCUT2D eigenvalue weighted by molar-refractivity contribution is -0.161. The molecule has 0 rings (SSSR count). The van der Waals surface area contributed by atoms with Crippen LogP contribution in [0.5, 0.6) is 0 Å². The Hall–Kier alpha value is -1.94. The van der Waals surface area contributed by atoms with Crippen molar-refractivity contribution in [1.82, 2.24) is 0 Å². The molecule has 3 N–H and O–H groups in total. The van der Waals surface area contributed by atoms with Gasteiger partial charge in [0.15, 0.2) is 12.2 Å². The molecule has 0 saturated carbocycles. The molecule has 0 bridgehead atoms. The average Bonchev–Trinajstić information content (AvgIpc) is 1.59. The van der Waals surface area contributed by atoms with E-state index >= 15 is 0 Å². The van der Waals surface area contributed by atoms with E-state index in [1.54, 1.807) is 0 Å². The first-order chi connectivity index (χ1) is 46.4. The van der Waals surface area contributed by atoms with E-state index in [1.165, 1.54) is 212 Å². The fraction of sp³-hybridized carbons (Fsp3) is 0.948. The zero-order valence-corrected chi connectivity index (χ0v) is 64.5. The summed E-state index contributed by atoms with van der Waals surface area (Å²) in [6.07, 6.45) is 57.1. The van der Waals surface area contributed by atoms with E-state index in [-0.39, 0.29) is 25.7 Å². The Kier molecular flexibility index (Phi) is 67.4. The molecule has 0 aliphatic heterocycles. The maximum Gasteiger partial charge on any atom is 0.472 e. The Morgan fingerprint density at radius 3 is 0.792 bits per heavy atom. The van der Waals surface area contributed by atoms with E-state index in [4.69, 9.17) is 37.0 Å². The molecule has 19 heteroatoms. The second-order valence-corrected chi connectivity index (χ2v) is 31.4. The number of rotatable bonds is 76. The molecule has 0 amide bonds. The summed E-state index contributed by atoms with van der Waals surface area (Å²) in [7, 11) is -9.91. The van der Waals surface area contributed by atoms with Gasteiger partial charge in [0.05, 0.1) is 26.4 Å². The van der Waals surface area contributed by atoms with Gasteiger partial charge >= 0.3 is 39.5 Å². The number of hydrogen-bond donors (Lipinski definition) is 3. The lowest BCUT2D eigenvalue weighted by atomic mass is 9.99. The van der Waals surface area contributed by atoms with E-state index in [2.05, 4.69) is 41.5 Å². The molecule has 0 aromatic carbocycles. The van der Waals surface area contributed by atoms with Gasteiger partial charge in [-0.3, -0.25) is 37.3 Å². The number of carbonyl (C=O) groups excluding carboxylic acids is 4. The molecule has 0 spiro atoms. The van der Waals surface area contributed by atoms with Crippen molar-refractivity contribution in [3.8, 4) is 0 Å². The van der Waals surface area contributed by atoms with Gasteiger partial charge in [-0.1, -0.05) is 350 Å². The van der Waals surface area contributed by atoms with E-state index in [9.17, 15) is 43.2 Å². The van der Waals surface area contributed by atoms with Gasteiger partial charge in [0.1, 0.15) is 19.3 Å². The van der Waals surface area contributed by atoms with Gasteiger partial charge in [-0.25, -0.2) is 9.13 Å². The summed E-state index contributed by atoms with van der Waals surface area (Å²) in [5.41, 5.74) is 0. The van der Waals surface area contributed by atoms with Crippen molar-refractivity contribution in [2.24, 2.45) is 11.8 Å². The number of ether oxygens (including phenoxy) is 4. The number of hydrogen-bond acceptors (Lipinski definition) is 15. The minimum atomic E-state index is -4.96. The predicted molar refractivity (Wildman–Crippen MR) is 391 cm³/mol. The fourth-order valence-corrected chi connectivity index (χ4v) is 13.4. The van der Waals surface area contributed by atoms with Crippen LogP contribution in [0.25, 0.3) is 0 Å². The van der Waals surface area contributed by atoms with Crippen LogP contribution in [0, 0.1) is 11.8 Å². The molecule has 3 unspecified atom stereocenters. The summed E-state index contributed by atoms with van der Waals surface area (Å²) in [6, 6.07) is 0. The number of aliphatic hydroxyl groups is 1. The molecule has 0 radical (unpaired) electrons. The highest BCUT2D eigenvalue weighted by Crippen LogP contribution is 2.45. The number of unbranched alkanes of at least 4 members (excludes halogenated alkanes) is 45. The van der Waals surface area contributed by atoms with Crippen molar-refractivity contribution in [1.29, 1.82) is 0 Å². The van der Waals surface area contributed by atoms with Crippen LogP contribution in [0.4, 0.5) is 0 Å². The monoisotopic (exact) mass is 1410 g/mol. The molecule has 0 aliphatic rings. The minimum Gasteiger partial charge on any atom is -0.462 e. The van der Waals surface area contributed by atoms with Crippen molar-refractivity contribution in [3.05, 3.63) is 0 Å². The Morgan fingerprint density at radius 2 is 0.531 bits per heavy atom. The van der Waals surface area contributed by atoms with Crippen LogP contribution < -0.4 is 0 Å². The van der Waals surface area contributed by atoms with Crippen LogP contribution >= 0.6 is 15.6 Å². The summed E-state index contributed by atoms with van der Waals surface area (Å²) in [5, 5.41) is 10.6. The molecule has 570 valence electrons. The van der Waals surface area contributed by atoms with E-state index in [1.807, 2.05) is 0 Å². The Labute approximate surface area is 588 Å². The molecule has 0 aromatic heterocycles. The first-order valence-corrected chi connectivity index (χ1v) is 43.0. The lowest BCUT2D eigenvalue weighted by Crippen LogP contribution is -2.30. The smallest absolute Gasteiger partial charge is 0.462 e. The third-order valence-electron chi connectivity index (χ3n) is 18.3. The Bertz CT molecular complexity index is 1860. The van der Waals surface area contributed by atoms with E-state index in [0.717, 1.165) is 102 Å². The zero-order valence-electron chi connectivity index (χ0n) is 62.7. The van der Waals surface area contributed by atoms with Crippen LogP contribution in [-0.4, -0.2) is 96.7 Å². The predicted octanol–water partition coefficient (Wildman–Crippen LogP) is 22.7. The molecule has 96 heavy (non-hydrogen) atoms. The van der Waals surface area contributed by atoms with Crippen LogP contribution in [0.2, 0.25) is 0 Å². The number of phosphoric ester groups is 2. The van der Waals surface area contributed by atoms with Crippen LogP contribution in [0.3, 0.4) is 0 Å². The third kappa shape index (κ3) is 69.2. The normalized spacial score (nSPS) is 14.3. The van der Waals surface area contributed by atoms with Crippen molar-refractivity contribution in [2.45, 2.75) is 419 Å². The van der Waals surface area contributed by atoms with Gasteiger partial charge < -0.3 is 33.8 Å². The van der Waals surface area contributed by atoms with Crippen LogP contribution in [0.15, 0.2) is 0 Å². The number of phosphoric acid groups is 2. The summed E-state index contributed by atoms with van der Waals surface area (Å²) in [4.78, 5) is 72.7. The molecular weight excluding hydrogens is 1260 g/mol. The lowest BCUT2D eigenvalue weighted by Gasteiger charge is -2.21. The van der Waals surface area contributed by atoms with Crippen LogP contribution in [-0.2, 0) is 65.4 Å². The van der Waals surface area contributed by atoms with Gasteiger partial charge in [-0.05, 0) is 37.5 Å². The summed E-state index contributed by atoms with van der Waals surface area (Å²) in [5.74, 6) is -0.553. The standard InChI is InChI=1S/C77H150O17P2/c1-7-10-12-14-16-18-19-20-21-27-30-33-36-42-48-54-60-75(80)88-66-72(93-76(81)61-55-49-43-37-34-31-28-25-23-22-24-26-29-32-35-40-46-52-58-70(6)9-3)67-91-95(83,84)89-63-71(78)64-90-96(85,86)92-68-73(65-87-74(79)59-53-47-41-17-15-13-11-8-2)94-77(82)62-56-50-44-38-39-45-51-57-69(4)5/h69-73,78H,7-68H2,1-6H3,(H,83,84)(H,85,86)/t70?,71-,72-,73-/m1/s1. The summed E-state index contributed by atoms with van der Waals surface area (Å²) < 4.78 is 68.4. The number of esters is 4. The average molecular weight is 1410 g/mol. The minimum absolute atomic E-state index is 0.104. The molecule has 0 saturated heterocycles. The van der Waals surface area contributed by atoms with Gasteiger partial charge in [0, 0.05) is 25.7 Å². The second kappa shape index (κ2) is 68.8. The highest BCUT2D eigenvalue weighted by molar-refractivity contribution is 7.47. The third-order valence-corrected chi connectivity index (χ3v) is 20.2. The first-order valence-electron chi connectivity index (χ1n) is 40.0. The quantitative estimate of drug-likeness (QED) is 0.0222. The van der Waals surface area contributed by atoms with Crippen molar-refractivity contribution in [3.63, 3.8) is 0 Å². The highest BCUT2D eigenvalue weighted by Gasteiger charge is 2.30. The maximum absolute atomic E-state index is 13.1. The van der Waals surface area contributed by atoms with Gasteiger partial charge in [-0.2, -0.15) is 0 Å². The highest BCUT2D eigenvalue weighted by atomic mass is 31.2. The topological polar surface area (TPSA) is 237 Å². The van der Waals surface area contributed by atoms with Crippen LogP contribution in [0.1, 0.15) is 401 Å². The van der Waals surface area contributed by atoms with Crippen molar-refractivity contribution in [2.75, 3.05) is 39.6 Å². The Morgan fingerprint density at radius 1 is 0.302 bits per heavy atom. The van der Waals surface area contributed by atoms with Gasteiger partial charge in [0.25, 0.3) is 0 Å². The Balaban J connectivity index is 5.16. The maximum atomic E-state index is 13.1. The summed E-state index contributed by atoms with van der Waals surface area (Å²) in [6.45, 7) is 9.58. The fourth-order valence-electron chi connectivity index (χ4n) is 11.8. The number of aliphatic hydroxyl groups excluding tert-OH is 1. The SMILES string of the molecule is CCCCCCCCCCCCCCCCCCC(=O)OC[C@H](COP(=O)(O)OC[C@@H](O)COP(=O)(O)OC[C@@H](COC(=O)CCCCCCCCCC)OC(=O)CCCCCCCCCC(C)C)OC(=O)CCCCCCCCCCCCCCCCCCCCC(C)CC. The largest absolute Gasteiger partial charge is 0.472 e. The van der Waals surface area contributed by atoms with Crippen molar-refractivity contribution < 1.29 is 80.2 Å². The zero-order chi connectivity index (χ0) is 70.7. The summed E-state index contributed by atoms with van der Waals surface area (Å²) >= 11 is 0. The molecular formula is C77H150O17P2. The van der Waals surface area contributed by atoms with E-state index in [0.29, 0.717) is 31.6 Å². The molecule has 0 aromatic rings.